The predicted octanol–water partition coefficient (Wildman–Crippen LogP) is 2.53. The van der Waals surface area contributed by atoms with Crippen molar-refractivity contribution in [1.29, 1.82) is 0 Å². The summed E-state index contributed by atoms with van der Waals surface area (Å²) in [5, 5.41) is 0. The number of rotatable bonds is 4. The molecule has 1 unspecified atom stereocenters. The molecule has 0 radical (unpaired) electrons. The van der Waals surface area contributed by atoms with Gasteiger partial charge in [-0.05, 0) is 40.0 Å². The van der Waals surface area contributed by atoms with Crippen molar-refractivity contribution >= 4 is 23.7 Å². The van der Waals surface area contributed by atoms with E-state index < -0.39 is 11.0 Å². The number of carbonyl (C=O) groups excluding carboxylic acids is 2. The zero-order chi connectivity index (χ0) is 16.4. The highest BCUT2D eigenvalue weighted by molar-refractivity contribution is 6.17. The van der Waals surface area contributed by atoms with Gasteiger partial charge in [-0.3, -0.25) is 4.79 Å². The third-order valence-corrected chi connectivity index (χ3v) is 4.12. The standard InChI is InChI=1S/C15H24ClNO5/c1-14(2,3)22-13(19)17-6-4-15(5-7-17,8-11-9-20-11)12(18)21-10-16/h11H,4-10H2,1-3H3. The van der Waals surface area contributed by atoms with Gasteiger partial charge in [0.15, 0.2) is 6.07 Å². The highest BCUT2D eigenvalue weighted by Gasteiger charge is 2.47. The molecule has 1 amide bonds. The van der Waals surface area contributed by atoms with E-state index in [2.05, 4.69) is 0 Å². The number of likely N-dealkylation sites (tertiary alicyclic amines) is 1. The molecule has 0 saturated carbocycles. The first-order valence-electron chi connectivity index (χ1n) is 7.58. The van der Waals surface area contributed by atoms with Crippen molar-refractivity contribution in [2.24, 2.45) is 5.41 Å². The van der Waals surface area contributed by atoms with Crippen LogP contribution in [-0.4, -0.2) is 54.4 Å². The number of halogens is 1. The van der Waals surface area contributed by atoms with Gasteiger partial charge in [0.05, 0.1) is 18.1 Å². The SMILES string of the molecule is CC(C)(C)OC(=O)N1CCC(CC2CO2)(C(=O)OCCl)CC1. The molecule has 2 heterocycles. The van der Waals surface area contributed by atoms with Crippen LogP contribution >= 0.6 is 11.6 Å². The molecular weight excluding hydrogens is 310 g/mol. The minimum Gasteiger partial charge on any atom is -0.449 e. The summed E-state index contributed by atoms with van der Waals surface area (Å²) in [6, 6.07) is -0.151. The molecule has 2 rings (SSSR count). The zero-order valence-corrected chi connectivity index (χ0v) is 14.1. The Bertz CT molecular complexity index is 422. The summed E-state index contributed by atoms with van der Waals surface area (Å²) < 4.78 is 15.7. The van der Waals surface area contributed by atoms with E-state index in [0.29, 0.717) is 39.0 Å². The molecule has 0 aromatic heterocycles. The number of esters is 1. The number of hydrogen-bond donors (Lipinski definition) is 0. The molecule has 0 aromatic rings. The topological polar surface area (TPSA) is 68.4 Å². The van der Waals surface area contributed by atoms with Crippen molar-refractivity contribution in [1.82, 2.24) is 4.90 Å². The minimum atomic E-state index is -0.603. The summed E-state index contributed by atoms with van der Waals surface area (Å²) in [6.45, 7) is 7.13. The smallest absolute Gasteiger partial charge is 0.410 e. The van der Waals surface area contributed by atoms with Crippen LogP contribution in [0.3, 0.4) is 0 Å². The lowest BCUT2D eigenvalue weighted by atomic mass is 9.75. The normalized spacial score (nSPS) is 23.8. The van der Waals surface area contributed by atoms with E-state index in [1.54, 1.807) is 4.90 Å². The Kier molecular flexibility index (Phi) is 5.22. The van der Waals surface area contributed by atoms with Gasteiger partial charge in [-0.15, -0.1) is 0 Å². The molecule has 0 aliphatic carbocycles. The number of amides is 1. The van der Waals surface area contributed by atoms with Gasteiger partial charge in [0, 0.05) is 13.1 Å². The first kappa shape index (κ1) is 17.3. The van der Waals surface area contributed by atoms with E-state index in [1.807, 2.05) is 20.8 Å². The average Bonchev–Trinajstić information content (AvgIpc) is 3.21. The maximum absolute atomic E-state index is 12.3. The van der Waals surface area contributed by atoms with Gasteiger partial charge >= 0.3 is 12.1 Å². The maximum atomic E-state index is 12.3. The second-order valence-corrected chi connectivity index (χ2v) is 7.17. The number of piperidine rings is 1. The number of nitrogens with zero attached hydrogens (tertiary/aromatic N) is 1. The van der Waals surface area contributed by atoms with Crippen LogP contribution in [0, 0.1) is 5.41 Å². The van der Waals surface area contributed by atoms with Crippen LogP contribution in [0.25, 0.3) is 0 Å². The van der Waals surface area contributed by atoms with Crippen LogP contribution in [0.1, 0.15) is 40.0 Å². The van der Waals surface area contributed by atoms with Crippen molar-refractivity contribution in [2.75, 3.05) is 25.8 Å². The molecule has 126 valence electrons. The monoisotopic (exact) mass is 333 g/mol. The van der Waals surface area contributed by atoms with E-state index in [4.69, 9.17) is 25.8 Å². The summed E-state index contributed by atoms with van der Waals surface area (Å²) in [5.41, 5.74) is -1.13. The van der Waals surface area contributed by atoms with Gasteiger partial charge in [0.25, 0.3) is 0 Å². The van der Waals surface area contributed by atoms with E-state index in [9.17, 15) is 9.59 Å². The number of epoxide rings is 1. The first-order valence-corrected chi connectivity index (χ1v) is 8.12. The predicted molar refractivity (Wildman–Crippen MR) is 80.6 cm³/mol. The highest BCUT2D eigenvalue weighted by atomic mass is 35.5. The Morgan fingerprint density at radius 1 is 1.32 bits per heavy atom. The Hall–Kier alpha value is -1.01. The van der Waals surface area contributed by atoms with Crippen molar-refractivity contribution in [3.8, 4) is 0 Å². The number of hydrogen-bond acceptors (Lipinski definition) is 5. The van der Waals surface area contributed by atoms with Crippen LogP contribution in [0.2, 0.25) is 0 Å². The lowest BCUT2D eigenvalue weighted by Crippen LogP contribution is -2.48. The van der Waals surface area contributed by atoms with Gasteiger partial charge in [-0.1, -0.05) is 11.6 Å². The molecule has 0 spiro atoms. The van der Waals surface area contributed by atoms with E-state index in [0.717, 1.165) is 0 Å². The van der Waals surface area contributed by atoms with E-state index in [-0.39, 0.29) is 24.2 Å². The number of ether oxygens (including phenoxy) is 3. The molecule has 2 fully saturated rings. The fraction of sp³-hybridized carbons (Fsp3) is 0.867. The zero-order valence-electron chi connectivity index (χ0n) is 13.4. The van der Waals surface area contributed by atoms with Crippen LogP contribution < -0.4 is 0 Å². The molecular formula is C15H24ClNO5. The van der Waals surface area contributed by atoms with Crippen LogP contribution in [0.4, 0.5) is 4.79 Å². The molecule has 0 bridgehead atoms. The van der Waals surface area contributed by atoms with Crippen molar-refractivity contribution < 1.29 is 23.8 Å². The second-order valence-electron chi connectivity index (χ2n) is 6.95. The second kappa shape index (κ2) is 6.62. The summed E-state index contributed by atoms with van der Waals surface area (Å²) in [6.07, 6.45) is 1.50. The van der Waals surface area contributed by atoms with Crippen LogP contribution in [0.15, 0.2) is 0 Å². The van der Waals surface area contributed by atoms with Crippen molar-refractivity contribution in [3.63, 3.8) is 0 Å². The van der Waals surface area contributed by atoms with Gasteiger partial charge in [0.1, 0.15) is 5.60 Å². The molecule has 6 nitrogen and oxygen atoms in total. The Morgan fingerprint density at radius 3 is 2.36 bits per heavy atom. The summed E-state index contributed by atoms with van der Waals surface area (Å²) >= 11 is 5.52. The molecule has 0 N–H and O–H groups in total. The Balaban J connectivity index is 1.96. The fourth-order valence-corrected chi connectivity index (χ4v) is 2.86. The molecule has 0 aromatic carbocycles. The molecule has 7 heteroatoms. The van der Waals surface area contributed by atoms with E-state index >= 15 is 0 Å². The highest BCUT2D eigenvalue weighted by Crippen LogP contribution is 2.40. The fourth-order valence-electron chi connectivity index (χ4n) is 2.76. The van der Waals surface area contributed by atoms with E-state index in [1.165, 1.54) is 0 Å². The van der Waals surface area contributed by atoms with Gasteiger partial charge in [-0.2, -0.15) is 0 Å². The lowest BCUT2D eigenvalue weighted by molar-refractivity contribution is -0.157. The largest absolute Gasteiger partial charge is 0.449 e. The van der Waals surface area contributed by atoms with Crippen LogP contribution in [-0.2, 0) is 19.0 Å². The molecule has 2 aliphatic heterocycles. The molecule has 1 atom stereocenters. The number of alkyl halides is 1. The molecule has 22 heavy (non-hydrogen) atoms. The Labute approximate surface area is 136 Å². The maximum Gasteiger partial charge on any atom is 0.410 e. The van der Waals surface area contributed by atoms with Crippen molar-refractivity contribution in [2.45, 2.75) is 51.7 Å². The summed E-state index contributed by atoms with van der Waals surface area (Å²) in [7, 11) is 0. The van der Waals surface area contributed by atoms with Crippen molar-refractivity contribution in [3.05, 3.63) is 0 Å². The number of carbonyl (C=O) groups is 2. The minimum absolute atomic E-state index is 0.121. The molecule has 2 saturated heterocycles. The average molecular weight is 334 g/mol. The van der Waals surface area contributed by atoms with Gasteiger partial charge in [0.2, 0.25) is 0 Å². The lowest BCUT2D eigenvalue weighted by Gasteiger charge is -2.39. The van der Waals surface area contributed by atoms with Crippen LogP contribution in [0.5, 0.6) is 0 Å². The third kappa shape index (κ3) is 4.49. The third-order valence-electron chi connectivity index (χ3n) is 4.01. The quantitative estimate of drug-likeness (QED) is 0.449. The van der Waals surface area contributed by atoms with Gasteiger partial charge < -0.3 is 19.1 Å². The first-order chi connectivity index (χ1) is 10.3. The summed E-state index contributed by atoms with van der Waals surface area (Å²) in [4.78, 5) is 26.0. The van der Waals surface area contributed by atoms with Gasteiger partial charge in [-0.25, -0.2) is 4.79 Å². The Morgan fingerprint density at radius 2 is 1.91 bits per heavy atom. The molecule has 2 aliphatic rings. The summed E-state index contributed by atoms with van der Waals surface area (Å²) in [5.74, 6) is -0.290.